The lowest BCUT2D eigenvalue weighted by molar-refractivity contribution is 0.213. The van der Waals surface area contributed by atoms with Crippen molar-refractivity contribution in [1.82, 2.24) is 0 Å². The Morgan fingerprint density at radius 1 is 0.682 bits per heavy atom. The monoisotopic (exact) mass is 330 g/mol. The van der Waals surface area contributed by atoms with Crippen LogP contribution >= 0.6 is 0 Å². The summed E-state index contributed by atoms with van der Waals surface area (Å²) in [5.41, 5.74) is 0. The normalized spacial score (nSPS) is 12.4. The summed E-state index contributed by atoms with van der Waals surface area (Å²) in [5, 5.41) is 2.65. The maximum Gasteiger partial charge on any atom is 0.354 e. The second kappa shape index (κ2) is 7.37. The molecule has 0 spiro atoms. The quantitative estimate of drug-likeness (QED) is 0.726. The molecule has 0 fully saturated rings. The van der Waals surface area contributed by atoms with Gasteiger partial charge in [0.25, 0.3) is 0 Å². The zero-order valence-corrected chi connectivity index (χ0v) is 16.0. The molecule has 22 heavy (non-hydrogen) atoms. The topological polar surface area (TPSA) is 18.5 Å². The first-order chi connectivity index (χ1) is 10.6. The molecule has 0 N–H and O–H groups in total. The van der Waals surface area contributed by atoms with Crippen molar-refractivity contribution in [2.45, 2.75) is 26.9 Å². The molecule has 2 aromatic rings. The van der Waals surface area contributed by atoms with E-state index in [-0.39, 0.29) is 0 Å². The van der Waals surface area contributed by atoms with Crippen molar-refractivity contribution in [1.29, 1.82) is 0 Å². The summed E-state index contributed by atoms with van der Waals surface area (Å²) in [6, 6.07) is 21.3. The van der Waals surface area contributed by atoms with Gasteiger partial charge in [0.2, 0.25) is 0 Å². The predicted molar refractivity (Wildman–Crippen MR) is 98.6 cm³/mol. The van der Waals surface area contributed by atoms with Gasteiger partial charge in [-0.3, -0.25) is 0 Å². The summed E-state index contributed by atoms with van der Waals surface area (Å²) in [5.74, 6) is 0. The van der Waals surface area contributed by atoms with Crippen LogP contribution in [0.5, 0.6) is 0 Å². The Balaban J connectivity index is 2.61. The fourth-order valence-electron chi connectivity index (χ4n) is 3.04. The van der Waals surface area contributed by atoms with Crippen molar-refractivity contribution in [2.24, 2.45) is 0 Å². The van der Waals surface area contributed by atoms with Crippen LogP contribution in [0.25, 0.3) is 0 Å². The summed E-state index contributed by atoms with van der Waals surface area (Å²) < 4.78 is 12.9. The Kier molecular flexibility index (Phi) is 5.75. The highest BCUT2D eigenvalue weighted by Gasteiger charge is 2.55. The fraction of sp³-hybridized carbons (Fsp3) is 0.333. The standard InChI is InChI=1S/C18H26O2Si2/c1-5-19-22(20-6-2,18-15-11-8-12-16-18)21(3,4)17-13-9-7-10-14-17/h7-16H,5-6H2,1-4H3. The van der Waals surface area contributed by atoms with Gasteiger partial charge in [0.1, 0.15) is 7.59 Å². The highest BCUT2D eigenvalue weighted by molar-refractivity contribution is 7.46. The van der Waals surface area contributed by atoms with Crippen LogP contribution in [0.15, 0.2) is 60.7 Å². The molecular weight excluding hydrogens is 304 g/mol. The van der Waals surface area contributed by atoms with Gasteiger partial charge in [0.05, 0.1) is 0 Å². The van der Waals surface area contributed by atoms with E-state index in [1.165, 1.54) is 10.4 Å². The average Bonchev–Trinajstić information content (AvgIpc) is 2.56. The van der Waals surface area contributed by atoms with Crippen LogP contribution in [-0.2, 0) is 8.85 Å². The van der Waals surface area contributed by atoms with E-state index < -0.39 is 15.7 Å². The van der Waals surface area contributed by atoms with Crippen molar-refractivity contribution in [3.05, 3.63) is 60.7 Å². The van der Waals surface area contributed by atoms with Crippen molar-refractivity contribution < 1.29 is 8.85 Å². The molecule has 0 bridgehead atoms. The SMILES string of the molecule is CCO[Si](OCC)(c1ccccc1)[Si](C)(C)c1ccccc1. The van der Waals surface area contributed by atoms with Crippen LogP contribution in [0.1, 0.15) is 13.8 Å². The third kappa shape index (κ3) is 3.10. The second-order valence-electron chi connectivity index (χ2n) is 5.84. The summed E-state index contributed by atoms with van der Waals surface area (Å²) in [6.07, 6.45) is 0. The lowest BCUT2D eigenvalue weighted by Gasteiger charge is -2.42. The molecule has 2 rings (SSSR count). The lowest BCUT2D eigenvalue weighted by Crippen LogP contribution is -2.75. The Labute approximate surface area is 136 Å². The van der Waals surface area contributed by atoms with Gasteiger partial charge in [0.15, 0.2) is 0 Å². The summed E-state index contributed by atoms with van der Waals surface area (Å²) in [4.78, 5) is 0. The van der Waals surface area contributed by atoms with Gasteiger partial charge in [-0.05, 0) is 19.0 Å². The van der Waals surface area contributed by atoms with Gasteiger partial charge in [-0.25, -0.2) is 0 Å². The summed E-state index contributed by atoms with van der Waals surface area (Å²) in [7, 11) is -4.45. The maximum absolute atomic E-state index is 6.45. The van der Waals surface area contributed by atoms with Crippen LogP contribution in [0.4, 0.5) is 0 Å². The van der Waals surface area contributed by atoms with Crippen molar-refractivity contribution in [2.75, 3.05) is 13.2 Å². The van der Waals surface area contributed by atoms with Gasteiger partial charge in [-0.1, -0.05) is 78.9 Å². The van der Waals surface area contributed by atoms with E-state index in [1.807, 2.05) is 0 Å². The Morgan fingerprint density at radius 3 is 1.50 bits per heavy atom. The van der Waals surface area contributed by atoms with Gasteiger partial charge in [0, 0.05) is 13.2 Å². The van der Waals surface area contributed by atoms with Crippen LogP contribution in [0.3, 0.4) is 0 Å². The first kappa shape index (κ1) is 17.2. The predicted octanol–water partition coefficient (Wildman–Crippen LogP) is 3.10. The molecule has 4 heteroatoms. The molecule has 0 saturated heterocycles. The Hall–Kier alpha value is -1.21. The average molecular weight is 331 g/mol. The minimum atomic E-state index is -2.50. The lowest BCUT2D eigenvalue weighted by atomic mass is 10.4. The molecule has 2 aromatic carbocycles. The maximum atomic E-state index is 6.45. The number of benzene rings is 2. The van der Waals surface area contributed by atoms with E-state index in [2.05, 4.69) is 87.6 Å². The molecular formula is C18H26O2Si2. The summed E-state index contributed by atoms with van der Waals surface area (Å²) in [6.45, 7) is 10.3. The fourth-order valence-corrected chi connectivity index (χ4v) is 15.1. The molecule has 0 unspecified atom stereocenters. The minimum absolute atomic E-state index is 0.685. The Morgan fingerprint density at radius 2 is 1.09 bits per heavy atom. The molecule has 0 aliphatic carbocycles. The van der Waals surface area contributed by atoms with Gasteiger partial charge in [-0.2, -0.15) is 0 Å². The minimum Gasteiger partial charge on any atom is -0.394 e. The zero-order chi connectivity index (χ0) is 16.1. The molecule has 0 heterocycles. The van der Waals surface area contributed by atoms with E-state index in [0.29, 0.717) is 13.2 Å². The number of rotatable bonds is 7. The molecule has 0 atom stereocenters. The highest BCUT2D eigenvalue weighted by Crippen LogP contribution is 2.22. The van der Waals surface area contributed by atoms with E-state index >= 15 is 0 Å². The smallest absolute Gasteiger partial charge is 0.354 e. The molecule has 0 amide bonds. The third-order valence-corrected chi connectivity index (χ3v) is 17.6. The molecule has 118 valence electrons. The van der Waals surface area contributed by atoms with E-state index in [9.17, 15) is 0 Å². The van der Waals surface area contributed by atoms with Crippen LogP contribution < -0.4 is 10.4 Å². The first-order valence-corrected chi connectivity index (χ1v) is 13.8. The van der Waals surface area contributed by atoms with Gasteiger partial charge < -0.3 is 8.85 Å². The molecule has 0 aliphatic heterocycles. The third-order valence-electron chi connectivity index (χ3n) is 4.17. The van der Waals surface area contributed by atoms with E-state index in [0.717, 1.165) is 0 Å². The van der Waals surface area contributed by atoms with Crippen molar-refractivity contribution in [3.8, 4) is 0 Å². The number of hydrogen-bond donors (Lipinski definition) is 0. The van der Waals surface area contributed by atoms with Gasteiger partial charge >= 0.3 is 8.08 Å². The zero-order valence-electron chi connectivity index (χ0n) is 14.0. The van der Waals surface area contributed by atoms with Crippen molar-refractivity contribution in [3.63, 3.8) is 0 Å². The molecule has 0 saturated carbocycles. The largest absolute Gasteiger partial charge is 0.394 e. The van der Waals surface area contributed by atoms with Crippen LogP contribution in [0.2, 0.25) is 13.1 Å². The summed E-state index contributed by atoms with van der Waals surface area (Å²) >= 11 is 0. The van der Waals surface area contributed by atoms with Crippen LogP contribution in [-0.4, -0.2) is 28.9 Å². The molecule has 2 nitrogen and oxygen atoms in total. The Bertz CT molecular complexity index is 564. The van der Waals surface area contributed by atoms with E-state index in [4.69, 9.17) is 8.85 Å². The molecule has 0 aliphatic rings. The second-order valence-corrected chi connectivity index (χ2v) is 17.8. The highest BCUT2D eigenvalue weighted by atomic mass is 29.3. The van der Waals surface area contributed by atoms with Crippen LogP contribution in [0, 0.1) is 0 Å². The first-order valence-electron chi connectivity index (χ1n) is 7.97. The number of hydrogen-bond acceptors (Lipinski definition) is 2. The molecule has 0 aromatic heterocycles. The van der Waals surface area contributed by atoms with Gasteiger partial charge in [-0.15, -0.1) is 0 Å². The van der Waals surface area contributed by atoms with Crippen molar-refractivity contribution >= 4 is 26.0 Å². The molecule has 0 radical (unpaired) electrons. The van der Waals surface area contributed by atoms with E-state index in [1.54, 1.807) is 0 Å².